The van der Waals surface area contributed by atoms with Crippen LogP contribution in [0, 0.1) is 0 Å². The van der Waals surface area contributed by atoms with Gasteiger partial charge in [-0.1, -0.05) is 54.1 Å². The highest BCUT2D eigenvalue weighted by molar-refractivity contribution is 6.38. The van der Waals surface area contributed by atoms with Gasteiger partial charge in [-0.25, -0.2) is 4.68 Å². The third-order valence-electron chi connectivity index (χ3n) is 6.35. The predicted octanol–water partition coefficient (Wildman–Crippen LogP) is 5.08. The van der Waals surface area contributed by atoms with E-state index in [2.05, 4.69) is 27.0 Å². The Morgan fingerprint density at radius 1 is 0.829 bits per heavy atom. The van der Waals surface area contributed by atoms with E-state index in [0.29, 0.717) is 39.6 Å². The van der Waals surface area contributed by atoms with Crippen molar-refractivity contribution < 1.29 is 13.2 Å². The van der Waals surface area contributed by atoms with Gasteiger partial charge in [0.2, 0.25) is 0 Å². The lowest BCUT2D eigenvalue weighted by Crippen LogP contribution is -2.45. The maximum absolute atomic E-state index is 13.1. The standard InChI is InChI=1S/C25H24ClF3N6/c1-33-11-13-34(14-12-33)15-16-35-24-20(21(26)23(30-31-24)17-5-3-2-4-6-17)22(32-35)18-7-9-19(10-8-18)25(27,28)29/h2-10H,11-16H2,1H3. The van der Waals surface area contributed by atoms with Crippen LogP contribution in [0.1, 0.15) is 5.56 Å². The fourth-order valence-corrected chi connectivity index (χ4v) is 4.60. The molecule has 3 heterocycles. The summed E-state index contributed by atoms with van der Waals surface area (Å²) in [5, 5.41) is 14.6. The van der Waals surface area contributed by atoms with Gasteiger partial charge in [0, 0.05) is 43.9 Å². The number of hydrogen-bond donors (Lipinski definition) is 0. The molecule has 6 nitrogen and oxygen atoms in total. The van der Waals surface area contributed by atoms with Gasteiger partial charge >= 0.3 is 6.18 Å². The fraction of sp³-hybridized carbons (Fsp3) is 0.320. The van der Waals surface area contributed by atoms with E-state index in [9.17, 15) is 13.2 Å². The lowest BCUT2D eigenvalue weighted by atomic mass is 10.1. The summed E-state index contributed by atoms with van der Waals surface area (Å²) in [7, 11) is 2.11. The van der Waals surface area contributed by atoms with E-state index in [0.717, 1.165) is 50.4 Å². The summed E-state index contributed by atoms with van der Waals surface area (Å²) in [5.41, 5.74) is 2.14. The molecule has 0 aliphatic carbocycles. The smallest absolute Gasteiger partial charge is 0.304 e. The van der Waals surface area contributed by atoms with Crippen LogP contribution in [0.5, 0.6) is 0 Å². The van der Waals surface area contributed by atoms with Crippen molar-refractivity contribution in [3.63, 3.8) is 0 Å². The molecule has 0 spiro atoms. The zero-order valence-corrected chi connectivity index (χ0v) is 19.9. The first-order valence-corrected chi connectivity index (χ1v) is 11.8. The third-order valence-corrected chi connectivity index (χ3v) is 6.72. The molecule has 2 aromatic heterocycles. The molecule has 1 aliphatic heterocycles. The minimum Gasteiger partial charge on any atom is -0.304 e. The molecule has 0 unspecified atom stereocenters. The first-order valence-electron chi connectivity index (χ1n) is 11.4. The van der Waals surface area contributed by atoms with Gasteiger partial charge in [0.05, 0.1) is 22.5 Å². The third kappa shape index (κ3) is 4.89. The predicted molar refractivity (Wildman–Crippen MR) is 130 cm³/mol. The highest BCUT2D eigenvalue weighted by Crippen LogP contribution is 2.38. The Morgan fingerprint density at radius 2 is 1.49 bits per heavy atom. The Kier molecular flexibility index (Phi) is 6.48. The van der Waals surface area contributed by atoms with Crippen molar-refractivity contribution in [3.05, 3.63) is 65.2 Å². The van der Waals surface area contributed by atoms with Crippen LogP contribution >= 0.6 is 11.6 Å². The summed E-state index contributed by atoms with van der Waals surface area (Å²) in [6, 6.07) is 14.4. The number of halogens is 4. The van der Waals surface area contributed by atoms with Crippen LogP contribution < -0.4 is 0 Å². The van der Waals surface area contributed by atoms with Crippen molar-refractivity contribution in [1.82, 2.24) is 29.8 Å². The fourth-order valence-electron chi connectivity index (χ4n) is 4.28. The Hall–Kier alpha value is -3.01. The van der Waals surface area contributed by atoms with Crippen molar-refractivity contribution in [2.45, 2.75) is 12.7 Å². The summed E-state index contributed by atoms with van der Waals surface area (Å²) in [4.78, 5) is 4.65. The molecular formula is C25H24ClF3N6. The maximum atomic E-state index is 13.1. The molecule has 0 bridgehead atoms. The molecule has 35 heavy (non-hydrogen) atoms. The number of nitrogens with zero attached hydrogens (tertiary/aromatic N) is 6. The zero-order valence-electron chi connectivity index (χ0n) is 19.1. The SMILES string of the molecule is CN1CCN(CCn2nc(-c3ccc(C(F)(F)F)cc3)c3c(Cl)c(-c4ccccc4)nnc32)CC1. The molecule has 182 valence electrons. The summed E-state index contributed by atoms with van der Waals surface area (Å²) >= 11 is 6.86. The van der Waals surface area contributed by atoms with E-state index in [4.69, 9.17) is 16.7 Å². The normalized spacial score (nSPS) is 15.7. The summed E-state index contributed by atoms with van der Waals surface area (Å²) < 4.78 is 41.1. The van der Waals surface area contributed by atoms with Crippen molar-refractivity contribution in [2.75, 3.05) is 39.8 Å². The molecule has 0 radical (unpaired) electrons. The largest absolute Gasteiger partial charge is 0.416 e. The number of hydrogen-bond acceptors (Lipinski definition) is 5. The van der Waals surface area contributed by atoms with Crippen LogP contribution in [0.3, 0.4) is 0 Å². The molecule has 2 aromatic carbocycles. The van der Waals surface area contributed by atoms with E-state index >= 15 is 0 Å². The van der Waals surface area contributed by atoms with Crippen molar-refractivity contribution in [3.8, 4) is 22.5 Å². The number of aromatic nitrogens is 4. The second-order valence-electron chi connectivity index (χ2n) is 8.72. The maximum Gasteiger partial charge on any atom is 0.416 e. The lowest BCUT2D eigenvalue weighted by molar-refractivity contribution is -0.137. The van der Waals surface area contributed by atoms with E-state index in [-0.39, 0.29) is 0 Å². The monoisotopic (exact) mass is 500 g/mol. The van der Waals surface area contributed by atoms with Crippen LogP contribution in [-0.2, 0) is 12.7 Å². The number of likely N-dealkylation sites (N-methyl/N-ethyl adjacent to an activating group) is 1. The minimum absolute atomic E-state index is 0.377. The van der Waals surface area contributed by atoms with Crippen LogP contribution in [0.25, 0.3) is 33.5 Å². The number of fused-ring (bicyclic) bond motifs is 1. The molecule has 0 N–H and O–H groups in total. The van der Waals surface area contributed by atoms with Gasteiger partial charge in [0.25, 0.3) is 0 Å². The van der Waals surface area contributed by atoms with E-state index in [1.54, 1.807) is 4.68 Å². The van der Waals surface area contributed by atoms with Crippen molar-refractivity contribution in [1.29, 1.82) is 0 Å². The highest BCUT2D eigenvalue weighted by atomic mass is 35.5. The van der Waals surface area contributed by atoms with Crippen LogP contribution in [0.2, 0.25) is 5.02 Å². The van der Waals surface area contributed by atoms with Crippen LogP contribution in [0.4, 0.5) is 13.2 Å². The van der Waals surface area contributed by atoms with E-state index in [1.807, 2.05) is 30.3 Å². The number of benzene rings is 2. The number of rotatable bonds is 5. The molecule has 0 amide bonds. The molecule has 1 fully saturated rings. The van der Waals surface area contributed by atoms with Gasteiger partial charge in [-0.3, -0.25) is 4.90 Å². The van der Waals surface area contributed by atoms with Gasteiger partial charge in [-0.05, 0) is 19.2 Å². The summed E-state index contributed by atoms with van der Waals surface area (Å²) in [6.45, 7) is 5.27. The van der Waals surface area contributed by atoms with E-state index < -0.39 is 11.7 Å². The number of alkyl halides is 3. The Labute approximate surface area is 205 Å². The Balaban J connectivity index is 1.57. The Bertz CT molecular complexity index is 1310. The van der Waals surface area contributed by atoms with Gasteiger partial charge in [-0.15, -0.1) is 10.2 Å². The molecule has 4 aromatic rings. The van der Waals surface area contributed by atoms with Gasteiger partial charge in [0.1, 0.15) is 11.4 Å². The van der Waals surface area contributed by atoms with Gasteiger partial charge < -0.3 is 4.90 Å². The minimum atomic E-state index is -4.41. The first-order chi connectivity index (χ1) is 16.8. The quantitative estimate of drug-likeness (QED) is 0.382. The van der Waals surface area contributed by atoms with Crippen LogP contribution in [0.15, 0.2) is 54.6 Å². The van der Waals surface area contributed by atoms with Crippen LogP contribution in [-0.4, -0.2) is 69.5 Å². The molecule has 10 heteroatoms. The molecular weight excluding hydrogens is 477 g/mol. The lowest BCUT2D eigenvalue weighted by Gasteiger charge is -2.32. The first kappa shape index (κ1) is 23.7. The van der Waals surface area contributed by atoms with E-state index in [1.165, 1.54) is 12.1 Å². The average Bonchev–Trinajstić information content (AvgIpc) is 3.23. The molecule has 5 rings (SSSR count). The Morgan fingerprint density at radius 3 is 2.14 bits per heavy atom. The topological polar surface area (TPSA) is 50.1 Å². The van der Waals surface area contributed by atoms with Gasteiger partial charge in [0.15, 0.2) is 5.65 Å². The van der Waals surface area contributed by atoms with Gasteiger partial charge in [-0.2, -0.15) is 18.3 Å². The summed E-state index contributed by atoms with van der Waals surface area (Å²) in [6.07, 6.45) is -4.41. The molecule has 0 atom stereocenters. The molecule has 0 saturated carbocycles. The zero-order chi connectivity index (χ0) is 24.6. The summed E-state index contributed by atoms with van der Waals surface area (Å²) in [5.74, 6) is 0. The van der Waals surface area contributed by atoms with Crippen molar-refractivity contribution in [2.24, 2.45) is 0 Å². The van der Waals surface area contributed by atoms with Crippen molar-refractivity contribution >= 4 is 22.6 Å². The molecule has 1 aliphatic rings. The number of piperazine rings is 1. The highest BCUT2D eigenvalue weighted by Gasteiger charge is 2.30. The second-order valence-corrected chi connectivity index (χ2v) is 9.10. The average molecular weight is 501 g/mol. The second kappa shape index (κ2) is 9.56. The molecule has 1 saturated heterocycles.